The average molecular weight is 337 g/mol. The number of benzene rings is 1. The first-order chi connectivity index (χ1) is 12.1. The standard InChI is InChI=1S/C19H23N5O/c1-4-15(14-7-9-20-10-8-14)23-19(25)21-12-18-22-16-11-13(2)5-6-17(16)24(18)3/h5-11,15H,4,12H2,1-3H3,(H2,21,23,25)/t15-/m1/s1. The number of carbonyl (C=O) groups excluding carboxylic acids is 1. The SMILES string of the molecule is CC[C@@H](NC(=O)NCc1nc2cc(C)ccc2n1C)c1ccncc1. The molecule has 1 atom stereocenters. The van der Waals surface area contributed by atoms with Crippen LogP contribution in [0.1, 0.15) is 36.3 Å². The van der Waals surface area contributed by atoms with Crippen molar-refractivity contribution < 1.29 is 4.79 Å². The molecule has 0 saturated heterocycles. The van der Waals surface area contributed by atoms with E-state index in [1.54, 1.807) is 12.4 Å². The molecular formula is C19H23N5O. The van der Waals surface area contributed by atoms with Gasteiger partial charge in [-0.1, -0.05) is 13.0 Å². The molecule has 0 spiro atoms. The highest BCUT2D eigenvalue weighted by molar-refractivity contribution is 5.77. The zero-order valence-corrected chi connectivity index (χ0v) is 14.8. The van der Waals surface area contributed by atoms with Crippen molar-refractivity contribution in [2.24, 2.45) is 7.05 Å². The molecule has 0 radical (unpaired) electrons. The zero-order valence-electron chi connectivity index (χ0n) is 14.8. The van der Waals surface area contributed by atoms with Crippen LogP contribution in [0.2, 0.25) is 0 Å². The molecule has 3 rings (SSSR count). The predicted octanol–water partition coefficient (Wildman–Crippen LogP) is 3.23. The van der Waals surface area contributed by atoms with Crippen molar-refractivity contribution in [1.29, 1.82) is 0 Å². The van der Waals surface area contributed by atoms with E-state index in [4.69, 9.17) is 0 Å². The smallest absolute Gasteiger partial charge is 0.315 e. The summed E-state index contributed by atoms with van der Waals surface area (Å²) in [6, 6.07) is 9.77. The summed E-state index contributed by atoms with van der Waals surface area (Å²) in [4.78, 5) is 20.9. The molecule has 130 valence electrons. The Hall–Kier alpha value is -2.89. The van der Waals surface area contributed by atoms with Crippen LogP contribution in [0.25, 0.3) is 11.0 Å². The molecule has 0 aliphatic rings. The van der Waals surface area contributed by atoms with Gasteiger partial charge in [0.15, 0.2) is 0 Å². The molecule has 2 aromatic heterocycles. The second-order valence-electron chi connectivity index (χ2n) is 6.15. The first-order valence-corrected chi connectivity index (χ1v) is 8.44. The van der Waals surface area contributed by atoms with Gasteiger partial charge in [0, 0.05) is 19.4 Å². The average Bonchev–Trinajstić information content (AvgIpc) is 2.93. The number of nitrogens with one attached hydrogen (secondary N) is 2. The zero-order chi connectivity index (χ0) is 17.8. The van der Waals surface area contributed by atoms with Crippen LogP contribution in [-0.4, -0.2) is 20.6 Å². The fourth-order valence-electron chi connectivity index (χ4n) is 2.90. The fraction of sp³-hybridized carbons (Fsp3) is 0.316. The Labute approximate surface area is 147 Å². The molecule has 0 aliphatic heterocycles. The maximum absolute atomic E-state index is 12.3. The molecule has 0 fully saturated rings. The molecule has 3 aromatic rings. The van der Waals surface area contributed by atoms with E-state index >= 15 is 0 Å². The highest BCUT2D eigenvalue weighted by Crippen LogP contribution is 2.17. The number of hydrogen-bond acceptors (Lipinski definition) is 3. The Kier molecular flexibility index (Phi) is 4.97. The first kappa shape index (κ1) is 17.0. The summed E-state index contributed by atoms with van der Waals surface area (Å²) in [5, 5.41) is 5.90. The van der Waals surface area contributed by atoms with Crippen molar-refractivity contribution in [3.05, 3.63) is 59.7 Å². The summed E-state index contributed by atoms with van der Waals surface area (Å²) < 4.78 is 2.01. The lowest BCUT2D eigenvalue weighted by Crippen LogP contribution is -2.37. The summed E-state index contributed by atoms with van der Waals surface area (Å²) in [6.45, 7) is 4.46. The van der Waals surface area contributed by atoms with Crippen LogP contribution < -0.4 is 10.6 Å². The van der Waals surface area contributed by atoms with Crippen LogP contribution in [0.15, 0.2) is 42.7 Å². The number of imidazole rings is 1. The van der Waals surface area contributed by atoms with E-state index in [0.29, 0.717) is 6.54 Å². The van der Waals surface area contributed by atoms with Gasteiger partial charge in [-0.05, 0) is 48.7 Å². The minimum absolute atomic E-state index is 0.0360. The third-order valence-corrected chi connectivity index (χ3v) is 4.36. The normalized spacial score (nSPS) is 12.1. The summed E-state index contributed by atoms with van der Waals surface area (Å²) in [7, 11) is 1.96. The maximum atomic E-state index is 12.3. The second kappa shape index (κ2) is 7.34. The number of rotatable bonds is 5. The van der Waals surface area contributed by atoms with Gasteiger partial charge < -0.3 is 15.2 Å². The minimum Gasteiger partial charge on any atom is -0.331 e. The quantitative estimate of drug-likeness (QED) is 0.751. The number of nitrogens with zero attached hydrogens (tertiary/aromatic N) is 3. The molecular weight excluding hydrogens is 314 g/mol. The number of urea groups is 1. The van der Waals surface area contributed by atoms with E-state index in [0.717, 1.165) is 28.8 Å². The van der Waals surface area contributed by atoms with Gasteiger partial charge in [-0.3, -0.25) is 4.98 Å². The molecule has 0 unspecified atom stereocenters. The number of aromatic nitrogens is 3. The summed E-state index contributed by atoms with van der Waals surface area (Å²) in [5.74, 6) is 0.827. The Morgan fingerprint density at radius 1 is 1.24 bits per heavy atom. The van der Waals surface area contributed by atoms with Gasteiger partial charge in [0.05, 0.1) is 23.6 Å². The van der Waals surface area contributed by atoms with Crippen molar-refractivity contribution in [1.82, 2.24) is 25.2 Å². The first-order valence-electron chi connectivity index (χ1n) is 8.44. The lowest BCUT2D eigenvalue weighted by molar-refractivity contribution is 0.236. The largest absolute Gasteiger partial charge is 0.331 e. The van der Waals surface area contributed by atoms with E-state index in [2.05, 4.69) is 38.8 Å². The van der Waals surface area contributed by atoms with Crippen molar-refractivity contribution in [3.8, 4) is 0 Å². The maximum Gasteiger partial charge on any atom is 0.315 e. The molecule has 6 heteroatoms. The molecule has 2 heterocycles. The molecule has 0 bridgehead atoms. The van der Waals surface area contributed by atoms with Crippen molar-refractivity contribution >= 4 is 17.1 Å². The fourth-order valence-corrected chi connectivity index (χ4v) is 2.90. The Balaban J connectivity index is 1.65. The molecule has 0 aliphatic carbocycles. The number of carbonyl (C=O) groups is 1. The summed E-state index contributed by atoms with van der Waals surface area (Å²) in [5.41, 5.74) is 4.23. The van der Waals surface area contributed by atoms with Crippen LogP contribution in [-0.2, 0) is 13.6 Å². The molecule has 1 aromatic carbocycles. The molecule has 2 N–H and O–H groups in total. The monoisotopic (exact) mass is 337 g/mol. The third-order valence-electron chi connectivity index (χ3n) is 4.36. The van der Waals surface area contributed by atoms with Gasteiger partial charge in [-0.2, -0.15) is 0 Å². The van der Waals surface area contributed by atoms with Gasteiger partial charge in [-0.25, -0.2) is 9.78 Å². The lowest BCUT2D eigenvalue weighted by Gasteiger charge is -2.17. The van der Waals surface area contributed by atoms with E-state index in [-0.39, 0.29) is 12.1 Å². The number of fused-ring (bicyclic) bond motifs is 1. The molecule has 2 amide bonds. The Bertz CT molecular complexity index is 872. The van der Waals surface area contributed by atoms with Gasteiger partial charge in [0.2, 0.25) is 0 Å². The Morgan fingerprint density at radius 2 is 2.00 bits per heavy atom. The van der Waals surface area contributed by atoms with Crippen LogP contribution in [0, 0.1) is 6.92 Å². The molecule has 6 nitrogen and oxygen atoms in total. The highest BCUT2D eigenvalue weighted by atomic mass is 16.2. The summed E-state index contributed by atoms with van der Waals surface area (Å²) in [6.07, 6.45) is 4.28. The van der Waals surface area contributed by atoms with Crippen LogP contribution in [0.3, 0.4) is 0 Å². The summed E-state index contributed by atoms with van der Waals surface area (Å²) >= 11 is 0. The van der Waals surface area contributed by atoms with Crippen LogP contribution in [0.5, 0.6) is 0 Å². The van der Waals surface area contributed by atoms with Crippen molar-refractivity contribution in [2.45, 2.75) is 32.9 Å². The second-order valence-corrected chi connectivity index (χ2v) is 6.15. The Morgan fingerprint density at radius 3 is 2.72 bits per heavy atom. The number of pyridine rings is 1. The minimum atomic E-state index is -0.202. The van der Waals surface area contributed by atoms with E-state index < -0.39 is 0 Å². The van der Waals surface area contributed by atoms with Crippen molar-refractivity contribution in [2.75, 3.05) is 0 Å². The van der Waals surface area contributed by atoms with Crippen molar-refractivity contribution in [3.63, 3.8) is 0 Å². The number of hydrogen-bond donors (Lipinski definition) is 2. The van der Waals surface area contributed by atoms with Gasteiger partial charge in [-0.15, -0.1) is 0 Å². The predicted molar refractivity (Wildman–Crippen MR) is 98.1 cm³/mol. The van der Waals surface area contributed by atoms with E-state index in [9.17, 15) is 4.79 Å². The van der Waals surface area contributed by atoms with E-state index in [1.165, 1.54) is 5.56 Å². The number of aryl methyl sites for hydroxylation is 2. The van der Waals surface area contributed by atoms with Gasteiger partial charge >= 0.3 is 6.03 Å². The van der Waals surface area contributed by atoms with Gasteiger partial charge in [0.1, 0.15) is 5.82 Å². The molecule has 25 heavy (non-hydrogen) atoms. The lowest BCUT2D eigenvalue weighted by atomic mass is 10.1. The van der Waals surface area contributed by atoms with Crippen LogP contribution in [0.4, 0.5) is 4.79 Å². The highest BCUT2D eigenvalue weighted by Gasteiger charge is 2.13. The van der Waals surface area contributed by atoms with E-state index in [1.807, 2.05) is 37.6 Å². The third kappa shape index (κ3) is 3.79. The van der Waals surface area contributed by atoms with Gasteiger partial charge in [0.25, 0.3) is 0 Å². The number of amides is 2. The molecule has 0 saturated carbocycles. The van der Waals surface area contributed by atoms with Crippen LogP contribution >= 0.6 is 0 Å². The topological polar surface area (TPSA) is 71.8 Å².